The van der Waals surface area contributed by atoms with Crippen LogP contribution in [0, 0.1) is 0 Å². The van der Waals surface area contributed by atoms with Crippen LogP contribution in [0.3, 0.4) is 0 Å². The van der Waals surface area contributed by atoms with Gasteiger partial charge in [-0.3, -0.25) is 0 Å². The average Bonchev–Trinajstić information content (AvgIpc) is 2.81. The van der Waals surface area contributed by atoms with E-state index in [1.54, 1.807) is 30.3 Å². The zero-order valence-electron chi connectivity index (χ0n) is 11.3. The highest BCUT2D eigenvalue weighted by molar-refractivity contribution is 5.36. The topological polar surface area (TPSA) is 29.9 Å². The molecule has 0 radical (unpaired) electrons. The summed E-state index contributed by atoms with van der Waals surface area (Å²) in [4.78, 5) is 0. The molecule has 2 aromatic rings. The fraction of sp³-hybridized carbons (Fsp3) is 0.357. The van der Waals surface area contributed by atoms with Crippen molar-refractivity contribution >= 4 is 0 Å². The Balaban J connectivity index is 2.43. The smallest absolute Gasteiger partial charge is 0.310 e. The molecular formula is C14H16F3N3. The molecule has 1 aromatic heterocycles. The summed E-state index contributed by atoms with van der Waals surface area (Å²) in [6, 6.07) is 8.42. The zero-order chi connectivity index (χ0) is 14.8. The first-order valence-corrected chi connectivity index (χ1v) is 6.32. The van der Waals surface area contributed by atoms with Crippen molar-refractivity contribution in [2.45, 2.75) is 32.6 Å². The molecule has 0 bridgehead atoms. The first kappa shape index (κ1) is 14.6. The van der Waals surface area contributed by atoms with Crippen LogP contribution in [0.4, 0.5) is 13.2 Å². The summed E-state index contributed by atoms with van der Waals surface area (Å²) in [5.41, 5.74) is -0.178. The molecule has 2 rings (SSSR count). The van der Waals surface area contributed by atoms with Gasteiger partial charge in [-0.1, -0.05) is 32.0 Å². The third-order valence-corrected chi connectivity index (χ3v) is 2.82. The molecule has 1 N–H and O–H groups in total. The van der Waals surface area contributed by atoms with Gasteiger partial charge in [0.05, 0.1) is 11.9 Å². The summed E-state index contributed by atoms with van der Waals surface area (Å²) in [5, 5.41) is 6.87. The third kappa shape index (κ3) is 3.19. The van der Waals surface area contributed by atoms with E-state index in [0.717, 1.165) is 4.68 Å². The molecule has 0 aliphatic rings. The molecule has 3 nitrogen and oxygen atoms in total. The molecule has 0 unspecified atom stereocenters. The lowest BCUT2D eigenvalue weighted by atomic mass is 10.2. The van der Waals surface area contributed by atoms with E-state index in [2.05, 4.69) is 10.4 Å². The van der Waals surface area contributed by atoms with Crippen molar-refractivity contribution < 1.29 is 13.2 Å². The maximum atomic E-state index is 13.3. The van der Waals surface area contributed by atoms with E-state index in [4.69, 9.17) is 0 Å². The van der Waals surface area contributed by atoms with E-state index < -0.39 is 11.9 Å². The van der Waals surface area contributed by atoms with E-state index in [1.165, 1.54) is 6.20 Å². The molecule has 6 heteroatoms. The quantitative estimate of drug-likeness (QED) is 0.932. The van der Waals surface area contributed by atoms with E-state index in [9.17, 15) is 13.2 Å². The molecule has 20 heavy (non-hydrogen) atoms. The lowest BCUT2D eigenvalue weighted by Gasteiger charge is -2.14. The molecule has 0 atom stereocenters. The van der Waals surface area contributed by atoms with Gasteiger partial charge in [0, 0.05) is 18.2 Å². The maximum absolute atomic E-state index is 13.3. The van der Waals surface area contributed by atoms with Gasteiger partial charge in [0.15, 0.2) is 5.69 Å². The molecule has 0 saturated heterocycles. The number of nitrogens with one attached hydrogen (secondary N) is 1. The number of alkyl halides is 3. The van der Waals surface area contributed by atoms with Crippen LogP contribution in [-0.2, 0) is 12.7 Å². The van der Waals surface area contributed by atoms with Crippen LogP contribution in [0.25, 0.3) is 5.69 Å². The minimum atomic E-state index is -4.44. The van der Waals surface area contributed by atoms with Crippen molar-refractivity contribution in [1.29, 1.82) is 0 Å². The Morgan fingerprint density at radius 3 is 2.40 bits per heavy atom. The van der Waals surface area contributed by atoms with Crippen LogP contribution < -0.4 is 5.32 Å². The van der Waals surface area contributed by atoms with Crippen LogP contribution >= 0.6 is 0 Å². The lowest BCUT2D eigenvalue weighted by molar-refractivity contribution is -0.143. The van der Waals surface area contributed by atoms with Crippen molar-refractivity contribution in [3.05, 3.63) is 47.8 Å². The van der Waals surface area contributed by atoms with Crippen molar-refractivity contribution in [3.63, 3.8) is 0 Å². The molecule has 0 spiro atoms. The third-order valence-electron chi connectivity index (χ3n) is 2.82. The van der Waals surface area contributed by atoms with Crippen molar-refractivity contribution in [2.24, 2.45) is 0 Å². The molecule has 0 fully saturated rings. The molecule has 0 aliphatic heterocycles. The van der Waals surface area contributed by atoms with Gasteiger partial charge >= 0.3 is 6.18 Å². The highest BCUT2D eigenvalue weighted by Crippen LogP contribution is 2.33. The summed E-state index contributed by atoms with van der Waals surface area (Å²) in [6.07, 6.45) is -3.18. The first-order valence-electron chi connectivity index (χ1n) is 6.32. The minimum Gasteiger partial charge on any atom is -0.310 e. The molecule has 1 heterocycles. The lowest BCUT2D eigenvalue weighted by Crippen LogP contribution is -2.24. The Kier molecular flexibility index (Phi) is 4.13. The summed E-state index contributed by atoms with van der Waals surface area (Å²) in [5.74, 6) is 0. The Hall–Kier alpha value is -1.82. The number of nitrogens with zero attached hydrogens (tertiary/aromatic N) is 2. The van der Waals surface area contributed by atoms with Gasteiger partial charge < -0.3 is 5.32 Å². The van der Waals surface area contributed by atoms with Gasteiger partial charge in [0.25, 0.3) is 0 Å². The van der Waals surface area contributed by atoms with Crippen molar-refractivity contribution in [1.82, 2.24) is 15.1 Å². The number of benzene rings is 1. The summed E-state index contributed by atoms with van der Waals surface area (Å²) in [6.45, 7) is 3.91. The molecular weight excluding hydrogens is 267 g/mol. The fourth-order valence-corrected chi connectivity index (χ4v) is 1.89. The summed E-state index contributed by atoms with van der Waals surface area (Å²) < 4.78 is 40.7. The van der Waals surface area contributed by atoms with E-state index in [0.29, 0.717) is 5.69 Å². The molecule has 1 aromatic carbocycles. The first-order chi connectivity index (χ1) is 9.39. The van der Waals surface area contributed by atoms with Gasteiger partial charge in [0.1, 0.15) is 0 Å². The van der Waals surface area contributed by atoms with Gasteiger partial charge in [-0.2, -0.15) is 18.3 Å². The molecule has 0 amide bonds. The number of hydrogen-bond acceptors (Lipinski definition) is 2. The van der Waals surface area contributed by atoms with E-state index in [1.807, 2.05) is 13.8 Å². The van der Waals surface area contributed by atoms with E-state index in [-0.39, 0.29) is 18.2 Å². The Labute approximate surface area is 115 Å². The van der Waals surface area contributed by atoms with Crippen LogP contribution in [0.5, 0.6) is 0 Å². The van der Waals surface area contributed by atoms with E-state index >= 15 is 0 Å². The SMILES string of the molecule is CC(C)NCc1cnn(-c2ccccc2)c1C(F)(F)F. The molecule has 108 valence electrons. The van der Waals surface area contributed by atoms with Gasteiger partial charge in [0.2, 0.25) is 0 Å². The average molecular weight is 283 g/mol. The number of aromatic nitrogens is 2. The second kappa shape index (κ2) is 5.66. The highest BCUT2D eigenvalue weighted by Gasteiger charge is 2.38. The Morgan fingerprint density at radius 1 is 1.20 bits per heavy atom. The Bertz CT molecular complexity index is 559. The van der Waals surface area contributed by atoms with Gasteiger partial charge in [-0.15, -0.1) is 0 Å². The van der Waals surface area contributed by atoms with Crippen molar-refractivity contribution in [2.75, 3.05) is 0 Å². The summed E-state index contributed by atoms with van der Waals surface area (Å²) in [7, 11) is 0. The number of hydrogen-bond donors (Lipinski definition) is 1. The summed E-state index contributed by atoms with van der Waals surface area (Å²) >= 11 is 0. The molecule has 0 aliphatic carbocycles. The van der Waals surface area contributed by atoms with Crippen LogP contribution in [0.15, 0.2) is 36.5 Å². The second-order valence-electron chi connectivity index (χ2n) is 4.80. The number of para-hydroxylation sites is 1. The number of rotatable bonds is 4. The van der Waals surface area contributed by atoms with Crippen molar-refractivity contribution in [3.8, 4) is 5.69 Å². The van der Waals surface area contributed by atoms with Crippen LogP contribution in [0.1, 0.15) is 25.1 Å². The largest absolute Gasteiger partial charge is 0.433 e. The van der Waals surface area contributed by atoms with Crippen LogP contribution in [0.2, 0.25) is 0 Å². The van der Waals surface area contributed by atoms with Gasteiger partial charge in [-0.25, -0.2) is 4.68 Å². The minimum absolute atomic E-state index is 0.108. The number of halogens is 3. The predicted octanol–water partition coefficient (Wildman–Crippen LogP) is 3.39. The standard InChI is InChI=1S/C14H16F3N3/c1-10(2)18-8-11-9-19-20(13(11)14(15,16)17)12-6-4-3-5-7-12/h3-7,9-10,18H,8H2,1-2H3. The van der Waals surface area contributed by atoms with Crippen LogP contribution in [-0.4, -0.2) is 15.8 Å². The normalized spacial score (nSPS) is 12.1. The second-order valence-corrected chi connectivity index (χ2v) is 4.80. The van der Waals surface area contributed by atoms with Gasteiger partial charge in [-0.05, 0) is 12.1 Å². The monoisotopic (exact) mass is 283 g/mol. The highest BCUT2D eigenvalue weighted by atomic mass is 19.4. The molecule has 0 saturated carbocycles. The zero-order valence-corrected chi connectivity index (χ0v) is 11.3. The predicted molar refractivity (Wildman–Crippen MR) is 70.5 cm³/mol. The fourth-order valence-electron chi connectivity index (χ4n) is 1.89. The Morgan fingerprint density at radius 2 is 1.85 bits per heavy atom. The maximum Gasteiger partial charge on any atom is 0.433 e.